The largest absolute Gasteiger partial charge is 0.337 e. The van der Waals surface area contributed by atoms with Crippen LogP contribution in [0, 0.1) is 5.82 Å². The van der Waals surface area contributed by atoms with E-state index in [-0.39, 0.29) is 11.3 Å². The van der Waals surface area contributed by atoms with Crippen molar-refractivity contribution in [3.05, 3.63) is 77.4 Å². The lowest BCUT2D eigenvalue weighted by Gasteiger charge is -2.23. The third-order valence-corrected chi connectivity index (χ3v) is 7.31. The minimum Gasteiger partial charge on any atom is -0.337 e. The van der Waals surface area contributed by atoms with E-state index in [2.05, 4.69) is 5.32 Å². The van der Waals surface area contributed by atoms with Crippen LogP contribution < -0.4 is 5.32 Å². The molecule has 2 amide bonds. The molecule has 192 valence electrons. The fourth-order valence-corrected chi connectivity index (χ4v) is 4.83. The summed E-state index contributed by atoms with van der Waals surface area (Å²) in [4.78, 5) is 28.1. The molecule has 2 aromatic carbocycles. The summed E-state index contributed by atoms with van der Waals surface area (Å²) in [5.74, 6) is -1.92. The number of rotatable bonds is 10. The molecule has 0 fully saturated rings. The van der Waals surface area contributed by atoms with Gasteiger partial charge in [0.2, 0.25) is 0 Å². The lowest BCUT2D eigenvalue weighted by molar-refractivity contribution is -0.127. The Balaban J connectivity index is 2.18. The fourth-order valence-electron chi connectivity index (χ4n) is 3.82. The fraction of sp³-hybridized carbons (Fsp3) is 0.308. The number of fused-ring (bicyclic) bond motifs is 1. The Hall–Kier alpha value is -3.50. The highest BCUT2D eigenvalue weighted by molar-refractivity contribution is 7.87. The molecule has 0 saturated carbocycles. The van der Waals surface area contributed by atoms with Crippen LogP contribution in [-0.4, -0.2) is 60.6 Å². The maximum absolute atomic E-state index is 14.3. The maximum Gasteiger partial charge on any atom is 0.307 e. The van der Waals surface area contributed by atoms with E-state index in [1.54, 1.807) is 29.2 Å². The average molecular weight is 515 g/mol. The third-order valence-electron chi connectivity index (χ3n) is 5.59. The first-order valence-electron chi connectivity index (χ1n) is 11.7. The van der Waals surface area contributed by atoms with E-state index >= 15 is 0 Å². The molecule has 3 rings (SSSR count). The number of hydrogen-bond acceptors (Lipinski definition) is 4. The molecule has 0 aliphatic heterocycles. The number of amides is 2. The molecule has 0 unspecified atom stereocenters. The van der Waals surface area contributed by atoms with Crippen molar-refractivity contribution in [2.45, 2.75) is 26.7 Å². The standard InChI is InChI=1S/C26H31FN4O4S/c1-5-15-30(16-6-2)26(33)23(28-25(32)21-12-7-9-13-22(21)27)17-19-18-31(36(34,35)29(3)4)24-14-10-8-11-20(19)24/h7-14,17-18H,5-6,15-16H2,1-4H3,(H,28,32). The predicted molar refractivity (Wildman–Crippen MR) is 139 cm³/mol. The van der Waals surface area contributed by atoms with E-state index in [0.717, 1.165) is 8.28 Å². The molecular weight excluding hydrogens is 483 g/mol. The van der Waals surface area contributed by atoms with Gasteiger partial charge in [0.05, 0.1) is 11.1 Å². The van der Waals surface area contributed by atoms with Crippen LogP contribution in [-0.2, 0) is 15.0 Å². The molecule has 0 bridgehead atoms. The summed E-state index contributed by atoms with van der Waals surface area (Å²) in [6, 6.07) is 12.4. The molecule has 0 spiro atoms. The second kappa shape index (κ2) is 11.5. The summed E-state index contributed by atoms with van der Waals surface area (Å²) in [5.41, 5.74) is 0.562. The summed E-state index contributed by atoms with van der Waals surface area (Å²) < 4.78 is 42.4. The number of nitrogens with one attached hydrogen (secondary N) is 1. The molecule has 0 aliphatic carbocycles. The second-order valence-electron chi connectivity index (χ2n) is 8.47. The van der Waals surface area contributed by atoms with Crippen LogP contribution >= 0.6 is 0 Å². The van der Waals surface area contributed by atoms with Gasteiger partial charge < -0.3 is 10.2 Å². The van der Waals surface area contributed by atoms with Crippen LogP contribution in [0.1, 0.15) is 42.6 Å². The molecule has 1 aromatic heterocycles. The highest BCUT2D eigenvalue weighted by atomic mass is 32.2. The zero-order valence-electron chi connectivity index (χ0n) is 20.9. The molecule has 0 radical (unpaired) electrons. The van der Waals surface area contributed by atoms with Gasteiger partial charge in [0.15, 0.2) is 0 Å². The lowest BCUT2D eigenvalue weighted by Crippen LogP contribution is -2.39. The van der Waals surface area contributed by atoms with Gasteiger partial charge in [-0.3, -0.25) is 9.59 Å². The van der Waals surface area contributed by atoms with Crippen LogP contribution in [0.5, 0.6) is 0 Å². The highest BCUT2D eigenvalue weighted by Crippen LogP contribution is 2.26. The number of benzene rings is 2. The van der Waals surface area contributed by atoms with Gasteiger partial charge >= 0.3 is 10.2 Å². The Morgan fingerprint density at radius 1 is 1.00 bits per heavy atom. The smallest absolute Gasteiger partial charge is 0.307 e. The van der Waals surface area contributed by atoms with Crippen molar-refractivity contribution in [3.63, 3.8) is 0 Å². The SMILES string of the molecule is CCCN(CCC)C(=O)C(=Cc1cn(S(=O)(=O)N(C)C)c2ccccc12)NC(=O)c1ccccc1F. The molecule has 36 heavy (non-hydrogen) atoms. The van der Waals surface area contributed by atoms with E-state index in [9.17, 15) is 22.4 Å². The number of halogens is 1. The van der Waals surface area contributed by atoms with Gasteiger partial charge in [-0.25, -0.2) is 8.36 Å². The van der Waals surface area contributed by atoms with Crippen molar-refractivity contribution in [1.82, 2.24) is 18.5 Å². The number of para-hydroxylation sites is 1. The molecule has 1 heterocycles. The Morgan fingerprint density at radius 2 is 1.61 bits per heavy atom. The van der Waals surface area contributed by atoms with Gasteiger partial charge in [-0.2, -0.15) is 12.7 Å². The second-order valence-corrected chi connectivity index (χ2v) is 10.5. The maximum atomic E-state index is 14.3. The van der Waals surface area contributed by atoms with Gasteiger partial charge in [0.25, 0.3) is 11.8 Å². The molecule has 0 aliphatic rings. The molecule has 3 aromatic rings. The Morgan fingerprint density at radius 3 is 2.22 bits per heavy atom. The van der Waals surface area contributed by atoms with E-state index < -0.39 is 27.8 Å². The van der Waals surface area contributed by atoms with Gasteiger partial charge in [0, 0.05) is 44.3 Å². The Kier molecular flexibility index (Phi) is 8.65. The number of hydrogen-bond donors (Lipinski definition) is 1. The zero-order chi connectivity index (χ0) is 26.5. The van der Waals surface area contributed by atoms with Gasteiger partial charge in [-0.05, 0) is 37.1 Å². The van der Waals surface area contributed by atoms with Crippen LogP contribution in [0.3, 0.4) is 0 Å². The minimum atomic E-state index is -3.86. The first kappa shape index (κ1) is 27.1. The molecule has 1 N–H and O–H groups in total. The molecule has 0 saturated heterocycles. The van der Waals surface area contributed by atoms with Gasteiger partial charge in [-0.15, -0.1) is 0 Å². The Labute approximate surface area is 211 Å². The minimum absolute atomic E-state index is 0.0738. The number of nitrogens with zero attached hydrogens (tertiary/aromatic N) is 3. The van der Waals surface area contributed by atoms with Crippen LogP contribution in [0.2, 0.25) is 0 Å². The van der Waals surface area contributed by atoms with E-state index in [1.165, 1.54) is 50.6 Å². The normalized spacial score (nSPS) is 12.2. The quantitative estimate of drug-likeness (QED) is 0.416. The highest BCUT2D eigenvalue weighted by Gasteiger charge is 2.24. The molecule has 10 heteroatoms. The van der Waals surface area contributed by atoms with Crippen molar-refractivity contribution in [2.24, 2.45) is 0 Å². The number of carbonyl (C=O) groups is 2. The van der Waals surface area contributed by atoms with Crippen LogP contribution in [0.25, 0.3) is 17.0 Å². The predicted octanol–water partition coefficient (Wildman–Crippen LogP) is 3.85. The van der Waals surface area contributed by atoms with Gasteiger partial charge in [-0.1, -0.05) is 44.2 Å². The third kappa shape index (κ3) is 5.66. The average Bonchev–Trinajstić information content (AvgIpc) is 3.22. The lowest BCUT2D eigenvalue weighted by atomic mass is 10.1. The summed E-state index contributed by atoms with van der Waals surface area (Å²) in [5, 5.41) is 3.15. The zero-order valence-corrected chi connectivity index (χ0v) is 21.7. The van der Waals surface area contributed by atoms with Crippen molar-refractivity contribution in [1.29, 1.82) is 0 Å². The van der Waals surface area contributed by atoms with E-state index in [1.807, 2.05) is 13.8 Å². The van der Waals surface area contributed by atoms with Crippen molar-refractivity contribution in [2.75, 3.05) is 27.2 Å². The van der Waals surface area contributed by atoms with E-state index in [0.29, 0.717) is 42.4 Å². The molecule has 8 nitrogen and oxygen atoms in total. The first-order chi connectivity index (χ1) is 17.1. The number of carbonyl (C=O) groups excluding carboxylic acids is 2. The van der Waals surface area contributed by atoms with Crippen LogP contribution in [0.15, 0.2) is 60.4 Å². The number of aromatic nitrogens is 1. The summed E-state index contributed by atoms with van der Waals surface area (Å²) >= 11 is 0. The molecular formula is C26H31FN4O4S. The van der Waals surface area contributed by atoms with Crippen molar-refractivity contribution < 1.29 is 22.4 Å². The summed E-state index contributed by atoms with van der Waals surface area (Å²) in [6.07, 6.45) is 4.28. The monoisotopic (exact) mass is 514 g/mol. The molecule has 0 atom stereocenters. The summed E-state index contributed by atoms with van der Waals surface area (Å²) in [7, 11) is -1.00. The van der Waals surface area contributed by atoms with Crippen molar-refractivity contribution >= 4 is 39.0 Å². The van der Waals surface area contributed by atoms with Crippen LogP contribution in [0.4, 0.5) is 4.39 Å². The topological polar surface area (TPSA) is 91.7 Å². The Bertz CT molecular complexity index is 1390. The van der Waals surface area contributed by atoms with Crippen molar-refractivity contribution in [3.8, 4) is 0 Å². The van der Waals surface area contributed by atoms with Gasteiger partial charge in [0.1, 0.15) is 11.5 Å². The summed E-state index contributed by atoms with van der Waals surface area (Å²) in [6.45, 7) is 4.82. The first-order valence-corrected chi connectivity index (χ1v) is 13.1. The van der Waals surface area contributed by atoms with E-state index in [4.69, 9.17) is 0 Å².